The highest BCUT2D eigenvalue weighted by Crippen LogP contribution is 2.34. The van der Waals surface area contributed by atoms with Gasteiger partial charge in [-0.25, -0.2) is 9.59 Å². The number of hydrogen-bond acceptors (Lipinski definition) is 7. The van der Waals surface area contributed by atoms with Crippen molar-refractivity contribution in [1.29, 1.82) is 0 Å². The van der Waals surface area contributed by atoms with Gasteiger partial charge in [-0.05, 0) is 55.7 Å². The molecule has 0 aliphatic carbocycles. The van der Waals surface area contributed by atoms with Crippen LogP contribution in [-0.2, 0) is 9.53 Å². The number of carbonyl (C=O) groups excluding carboxylic acids is 2. The van der Waals surface area contributed by atoms with E-state index >= 15 is 0 Å². The van der Waals surface area contributed by atoms with Gasteiger partial charge in [-0.2, -0.15) is 0 Å². The lowest BCUT2D eigenvalue weighted by molar-refractivity contribution is -0.136. The minimum atomic E-state index is -0.739. The van der Waals surface area contributed by atoms with E-state index in [1.165, 1.54) is 30.0 Å². The van der Waals surface area contributed by atoms with Crippen LogP contribution in [0.5, 0.6) is 11.5 Å². The van der Waals surface area contributed by atoms with Crippen LogP contribution in [0.2, 0.25) is 0 Å². The fourth-order valence-electron chi connectivity index (χ4n) is 4.77. The maximum Gasteiger partial charge on any atom is 0.338 e. The molecule has 3 N–H and O–H groups in total. The summed E-state index contributed by atoms with van der Waals surface area (Å²) >= 11 is 0. The Labute approximate surface area is 211 Å². The normalized spacial score (nSPS) is 18.5. The molecule has 9 nitrogen and oxygen atoms in total. The van der Waals surface area contributed by atoms with Crippen molar-refractivity contribution in [3.05, 3.63) is 64.4 Å². The summed E-state index contributed by atoms with van der Waals surface area (Å²) in [5.74, 6) is -0.245. The highest BCUT2D eigenvalue weighted by molar-refractivity contribution is 5.95. The van der Waals surface area contributed by atoms with Crippen LogP contribution in [0.4, 0.5) is 10.5 Å². The standard InChI is InChI=1S/C27H34N4O5/c1-5-36-23-15-19(9-10-22(23)32)25-24(26(33)35-4)20(28-27(34)29-25)16-30-11-13-31(14-12-30)21-8-6-7-17(2)18(21)3/h6-10,15,25,32H,5,11-14,16H2,1-4H3,(H2,28,29,34)/t25-/m0/s1. The van der Waals surface area contributed by atoms with Gasteiger partial charge < -0.3 is 30.1 Å². The topological polar surface area (TPSA) is 103 Å². The molecule has 0 unspecified atom stereocenters. The number of anilines is 1. The van der Waals surface area contributed by atoms with Crippen LogP contribution in [0.25, 0.3) is 0 Å². The number of ether oxygens (including phenoxy) is 2. The van der Waals surface area contributed by atoms with Crippen molar-refractivity contribution in [2.45, 2.75) is 26.8 Å². The average Bonchev–Trinajstić information content (AvgIpc) is 2.87. The molecule has 9 heteroatoms. The number of aryl methyl sites for hydroxylation is 1. The molecule has 2 aliphatic rings. The van der Waals surface area contributed by atoms with Crippen molar-refractivity contribution in [3.63, 3.8) is 0 Å². The third-order valence-corrected chi connectivity index (χ3v) is 6.85. The smallest absolute Gasteiger partial charge is 0.338 e. The Morgan fingerprint density at radius 3 is 2.58 bits per heavy atom. The van der Waals surface area contributed by atoms with Gasteiger partial charge >= 0.3 is 12.0 Å². The van der Waals surface area contributed by atoms with Crippen LogP contribution >= 0.6 is 0 Å². The Morgan fingerprint density at radius 1 is 1.14 bits per heavy atom. The van der Waals surface area contributed by atoms with Crippen molar-refractivity contribution in [2.24, 2.45) is 0 Å². The number of phenolic OH excluding ortho intramolecular Hbond substituents is 1. The lowest BCUT2D eigenvalue weighted by atomic mass is 9.94. The van der Waals surface area contributed by atoms with Crippen LogP contribution in [0, 0.1) is 13.8 Å². The number of aromatic hydroxyl groups is 1. The van der Waals surface area contributed by atoms with Gasteiger partial charge in [0, 0.05) is 44.1 Å². The maximum absolute atomic E-state index is 12.9. The summed E-state index contributed by atoms with van der Waals surface area (Å²) in [5.41, 5.74) is 5.27. The molecular formula is C27H34N4O5. The Bertz CT molecular complexity index is 1170. The van der Waals surface area contributed by atoms with Gasteiger partial charge in [0.2, 0.25) is 0 Å². The summed E-state index contributed by atoms with van der Waals surface area (Å²) in [6, 6.07) is 10.0. The molecular weight excluding hydrogens is 460 g/mol. The lowest BCUT2D eigenvalue weighted by Gasteiger charge is -2.38. The number of amides is 2. The molecule has 2 heterocycles. The molecule has 2 aromatic carbocycles. The van der Waals surface area contributed by atoms with Crippen molar-refractivity contribution >= 4 is 17.7 Å². The first-order chi connectivity index (χ1) is 17.3. The molecule has 2 aliphatic heterocycles. The van der Waals surface area contributed by atoms with Gasteiger partial charge in [0.15, 0.2) is 11.5 Å². The number of nitrogens with one attached hydrogen (secondary N) is 2. The molecule has 0 spiro atoms. The maximum atomic E-state index is 12.9. The molecule has 4 rings (SSSR count). The number of benzene rings is 2. The Kier molecular flexibility index (Phi) is 7.69. The number of carbonyl (C=O) groups is 2. The number of esters is 1. The van der Waals surface area contributed by atoms with Gasteiger partial charge in [0.1, 0.15) is 0 Å². The van der Waals surface area contributed by atoms with E-state index in [2.05, 4.69) is 52.5 Å². The predicted octanol–water partition coefficient (Wildman–Crippen LogP) is 3.01. The highest BCUT2D eigenvalue weighted by Gasteiger charge is 2.35. The summed E-state index contributed by atoms with van der Waals surface area (Å²) < 4.78 is 10.6. The number of phenols is 1. The van der Waals surface area contributed by atoms with E-state index < -0.39 is 18.0 Å². The fraction of sp³-hybridized carbons (Fsp3) is 0.407. The molecule has 0 bridgehead atoms. The van der Waals surface area contributed by atoms with Crippen LogP contribution in [-0.4, -0.2) is 68.4 Å². The number of hydrogen-bond donors (Lipinski definition) is 3. The first-order valence-corrected chi connectivity index (χ1v) is 12.2. The van der Waals surface area contributed by atoms with Crippen molar-refractivity contribution in [1.82, 2.24) is 15.5 Å². The van der Waals surface area contributed by atoms with E-state index in [4.69, 9.17) is 9.47 Å². The minimum absolute atomic E-state index is 0.00796. The predicted molar refractivity (Wildman–Crippen MR) is 137 cm³/mol. The van der Waals surface area contributed by atoms with E-state index in [1.54, 1.807) is 12.1 Å². The molecule has 36 heavy (non-hydrogen) atoms. The highest BCUT2D eigenvalue weighted by atomic mass is 16.5. The molecule has 192 valence electrons. The molecule has 0 saturated carbocycles. The van der Waals surface area contributed by atoms with Gasteiger partial charge in [-0.15, -0.1) is 0 Å². The number of piperazine rings is 1. The second-order valence-corrected chi connectivity index (χ2v) is 9.06. The first kappa shape index (κ1) is 25.4. The van der Waals surface area contributed by atoms with Gasteiger partial charge in [-0.1, -0.05) is 18.2 Å². The zero-order chi connectivity index (χ0) is 25.8. The monoisotopic (exact) mass is 494 g/mol. The number of rotatable bonds is 7. The van der Waals surface area contributed by atoms with Crippen LogP contribution in [0.15, 0.2) is 47.7 Å². The molecule has 0 aromatic heterocycles. The van der Waals surface area contributed by atoms with E-state index in [1.807, 2.05) is 6.92 Å². The number of nitrogens with zero attached hydrogens (tertiary/aromatic N) is 2. The Morgan fingerprint density at radius 2 is 1.89 bits per heavy atom. The van der Waals surface area contributed by atoms with Crippen molar-refractivity contribution in [3.8, 4) is 11.5 Å². The van der Waals surface area contributed by atoms with Crippen LogP contribution in [0.3, 0.4) is 0 Å². The summed E-state index contributed by atoms with van der Waals surface area (Å²) in [5, 5.41) is 15.8. The van der Waals surface area contributed by atoms with Gasteiger partial charge in [-0.3, -0.25) is 4.90 Å². The van der Waals surface area contributed by atoms with E-state index in [-0.39, 0.29) is 11.5 Å². The van der Waals surface area contributed by atoms with Gasteiger partial charge in [0.05, 0.1) is 25.3 Å². The lowest BCUT2D eigenvalue weighted by Crippen LogP contribution is -2.51. The second kappa shape index (κ2) is 10.9. The zero-order valence-electron chi connectivity index (χ0n) is 21.3. The minimum Gasteiger partial charge on any atom is -0.504 e. The van der Waals surface area contributed by atoms with E-state index in [0.29, 0.717) is 30.0 Å². The largest absolute Gasteiger partial charge is 0.504 e. The summed E-state index contributed by atoms with van der Waals surface area (Å²) in [6.45, 7) is 10.1. The van der Waals surface area contributed by atoms with Crippen molar-refractivity contribution in [2.75, 3.05) is 51.3 Å². The van der Waals surface area contributed by atoms with Crippen molar-refractivity contribution < 1.29 is 24.2 Å². The summed E-state index contributed by atoms with van der Waals surface area (Å²) in [7, 11) is 1.33. The fourth-order valence-corrected chi connectivity index (χ4v) is 4.77. The average molecular weight is 495 g/mol. The summed E-state index contributed by atoms with van der Waals surface area (Å²) in [4.78, 5) is 30.1. The SMILES string of the molecule is CCOc1cc([C@@H]2NC(=O)NC(CN3CCN(c4cccc(C)c4C)CC3)=C2C(=O)OC)ccc1O. The molecule has 1 saturated heterocycles. The first-order valence-electron chi connectivity index (χ1n) is 12.2. The molecule has 0 radical (unpaired) electrons. The van der Waals surface area contributed by atoms with E-state index in [9.17, 15) is 14.7 Å². The molecule has 1 fully saturated rings. The number of urea groups is 1. The quantitative estimate of drug-likeness (QED) is 0.509. The molecule has 2 amide bonds. The zero-order valence-corrected chi connectivity index (χ0v) is 21.3. The number of methoxy groups -OCH3 is 1. The van der Waals surface area contributed by atoms with E-state index in [0.717, 1.165) is 26.2 Å². The molecule has 2 aromatic rings. The third-order valence-electron chi connectivity index (χ3n) is 6.85. The summed E-state index contributed by atoms with van der Waals surface area (Å²) in [6.07, 6.45) is 0. The van der Waals surface area contributed by atoms with Crippen LogP contribution in [0.1, 0.15) is 29.7 Å². The molecule has 1 atom stereocenters. The van der Waals surface area contributed by atoms with Crippen LogP contribution < -0.4 is 20.3 Å². The third kappa shape index (κ3) is 5.26. The Hall–Kier alpha value is -3.72. The van der Waals surface area contributed by atoms with Gasteiger partial charge in [0.25, 0.3) is 0 Å². The second-order valence-electron chi connectivity index (χ2n) is 9.06. The Balaban J connectivity index is 1.57.